The molecule has 7 nitrogen and oxygen atoms in total. The van der Waals surface area contributed by atoms with Gasteiger partial charge in [-0.3, -0.25) is 19.4 Å². The second-order valence-corrected chi connectivity index (χ2v) is 9.19. The number of benzene rings is 1. The van der Waals surface area contributed by atoms with Crippen LogP contribution in [0, 0.1) is 12.3 Å². The molecule has 3 heterocycles. The summed E-state index contributed by atoms with van der Waals surface area (Å²) in [7, 11) is 0. The number of aryl methyl sites for hydroxylation is 1. The first-order valence-corrected chi connectivity index (χ1v) is 10.7. The smallest absolute Gasteiger partial charge is 0.253 e. The molecular formula is C23H27N5O2. The predicted octanol–water partition coefficient (Wildman–Crippen LogP) is 3.70. The van der Waals surface area contributed by atoms with E-state index >= 15 is 0 Å². The minimum Gasteiger partial charge on any atom is -0.339 e. The van der Waals surface area contributed by atoms with Crippen LogP contribution in [-0.4, -0.2) is 49.7 Å². The molecule has 0 radical (unpaired) electrons. The molecule has 0 saturated carbocycles. The van der Waals surface area contributed by atoms with Crippen LogP contribution in [0.4, 0.5) is 0 Å². The van der Waals surface area contributed by atoms with Gasteiger partial charge in [0.1, 0.15) is 5.69 Å². The number of ketones is 1. The van der Waals surface area contributed by atoms with Gasteiger partial charge in [0.2, 0.25) is 0 Å². The Morgan fingerprint density at radius 2 is 1.97 bits per heavy atom. The van der Waals surface area contributed by atoms with Crippen molar-refractivity contribution in [2.75, 3.05) is 13.1 Å². The average molecular weight is 406 g/mol. The van der Waals surface area contributed by atoms with Crippen LogP contribution >= 0.6 is 0 Å². The van der Waals surface area contributed by atoms with Gasteiger partial charge in [0.05, 0.1) is 17.4 Å². The number of nitrogens with one attached hydrogen (secondary N) is 1. The molecule has 1 saturated heterocycles. The lowest BCUT2D eigenvalue weighted by Gasteiger charge is -2.43. The summed E-state index contributed by atoms with van der Waals surface area (Å²) in [6, 6.07) is 5.83. The molecule has 1 spiro atoms. The molecule has 30 heavy (non-hydrogen) atoms. The SMILES string of the molecule is Cc1nn(C(C)C)c2c1CC1(CCN(C(=O)c3ccc4[nH]ncc4c3)CC1)CC2=O. The molecule has 1 N–H and O–H groups in total. The normalized spacial score (nSPS) is 18.4. The number of aromatic amines is 1. The van der Waals surface area contributed by atoms with Gasteiger partial charge in [-0.25, -0.2) is 0 Å². The van der Waals surface area contributed by atoms with Gasteiger partial charge >= 0.3 is 0 Å². The molecule has 1 fully saturated rings. The minimum atomic E-state index is -0.0506. The number of hydrogen-bond donors (Lipinski definition) is 1. The number of H-pyrrole nitrogens is 1. The Hall–Kier alpha value is -2.96. The van der Waals surface area contributed by atoms with E-state index in [1.807, 2.05) is 34.7 Å². The molecule has 0 bridgehead atoms. The Labute approximate surface area is 175 Å². The number of likely N-dealkylation sites (tertiary alicyclic amines) is 1. The van der Waals surface area contributed by atoms with Gasteiger partial charge in [0, 0.05) is 42.1 Å². The lowest BCUT2D eigenvalue weighted by atomic mass is 9.66. The Balaban J connectivity index is 1.34. The summed E-state index contributed by atoms with van der Waals surface area (Å²) in [5, 5.41) is 12.5. The van der Waals surface area contributed by atoms with Crippen molar-refractivity contribution in [3.63, 3.8) is 0 Å². The minimum absolute atomic E-state index is 0.0506. The fourth-order valence-electron chi connectivity index (χ4n) is 5.12. The van der Waals surface area contributed by atoms with Crippen molar-refractivity contribution in [1.29, 1.82) is 0 Å². The Morgan fingerprint density at radius 1 is 1.20 bits per heavy atom. The number of carbonyl (C=O) groups excluding carboxylic acids is 2. The van der Waals surface area contributed by atoms with Gasteiger partial charge in [0.25, 0.3) is 5.91 Å². The number of hydrogen-bond acceptors (Lipinski definition) is 4. The fraction of sp³-hybridized carbons (Fsp3) is 0.478. The number of aromatic nitrogens is 4. The zero-order chi connectivity index (χ0) is 21.0. The molecule has 2 aliphatic rings. The van der Waals surface area contributed by atoms with Crippen LogP contribution in [0.5, 0.6) is 0 Å². The third-order valence-electron chi connectivity index (χ3n) is 6.85. The summed E-state index contributed by atoms with van der Waals surface area (Å²) in [4.78, 5) is 28.1. The maximum absolute atomic E-state index is 13.1. The van der Waals surface area contributed by atoms with E-state index in [4.69, 9.17) is 0 Å². The van der Waals surface area contributed by atoms with E-state index in [1.54, 1.807) is 6.20 Å². The molecule has 5 rings (SSSR count). The van der Waals surface area contributed by atoms with Gasteiger partial charge in [0.15, 0.2) is 5.78 Å². The molecule has 1 aliphatic carbocycles. The van der Waals surface area contributed by atoms with Crippen LogP contribution < -0.4 is 0 Å². The van der Waals surface area contributed by atoms with Gasteiger partial charge in [-0.1, -0.05) is 0 Å². The zero-order valence-electron chi connectivity index (χ0n) is 17.7. The number of piperidine rings is 1. The summed E-state index contributed by atoms with van der Waals surface area (Å²) < 4.78 is 1.89. The Bertz CT molecular complexity index is 1150. The first kappa shape index (κ1) is 19.0. The lowest BCUT2D eigenvalue weighted by Crippen LogP contribution is -2.46. The number of Topliss-reactive ketones (excluding diaryl/α,β-unsaturated/α-hetero) is 1. The van der Waals surface area contributed by atoms with E-state index in [0.717, 1.165) is 47.1 Å². The molecule has 2 aromatic heterocycles. The molecular weight excluding hydrogens is 378 g/mol. The van der Waals surface area contributed by atoms with Crippen LogP contribution in [0.1, 0.15) is 71.3 Å². The molecule has 1 amide bonds. The Morgan fingerprint density at radius 3 is 2.70 bits per heavy atom. The van der Waals surface area contributed by atoms with Crippen LogP contribution in [-0.2, 0) is 6.42 Å². The summed E-state index contributed by atoms with van der Waals surface area (Å²) in [5.74, 6) is 0.260. The van der Waals surface area contributed by atoms with Crippen molar-refractivity contribution in [1.82, 2.24) is 24.9 Å². The molecule has 3 aromatic rings. The number of nitrogens with zero attached hydrogens (tertiary/aromatic N) is 4. The molecule has 0 atom stereocenters. The summed E-state index contributed by atoms with van der Waals surface area (Å²) in [6.45, 7) is 7.50. The monoisotopic (exact) mass is 405 g/mol. The van der Waals surface area contributed by atoms with Crippen molar-refractivity contribution in [3.05, 3.63) is 46.9 Å². The maximum atomic E-state index is 13.1. The quantitative estimate of drug-likeness (QED) is 0.705. The largest absolute Gasteiger partial charge is 0.339 e. The van der Waals surface area contributed by atoms with Crippen molar-refractivity contribution in [2.45, 2.75) is 52.5 Å². The number of amides is 1. The average Bonchev–Trinajstić information content (AvgIpc) is 3.32. The van der Waals surface area contributed by atoms with Gasteiger partial charge in [-0.2, -0.15) is 10.2 Å². The van der Waals surface area contributed by atoms with Crippen LogP contribution in [0.3, 0.4) is 0 Å². The third-order valence-corrected chi connectivity index (χ3v) is 6.85. The highest BCUT2D eigenvalue weighted by molar-refractivity contribution is 5.99. The highest BCUT2D eigenvalue weighted by atomic mass is 16.2. The molecule has 1 aliphatic heterocycles. The number of carbonyl (C=O) groups is 2. The van der Waals surface area contributed by atoms with Crippen molar-refractivity contribution in [2.24, 2.45) is 5.41 Å². The lowest BCUT2D eigenvalue weighted by molar-refractivity contribution is 0.0517. The van der Waals surface area contributed by atoms with Crippen LogP contribution in [0.25, 0.3) is 10.9 Å². The van der Waals surface area contributed by atoms with E-state index in [0.29, 0.717) is 25.1 Å². The molecule has 156 valence electrons. The summed E-state index contributed by atoms with van der Waals surface area (Å²) >= 11 is 0. The first-order valence-electron chi connectivity index (χ1n) is 10.7. The van der Waals surface area contributed by atoms with E-state index in [-0.39, 0.29) is 23.1 Å². The topological polar surface area (TPSA) is 83.9 Å². The van der Waals surface area contributed by atoms with Crippen LogP contribution in [0.15, 0.2) is 24.4 Å². The predicted molar refractivity (Wildman–Crippen MR) is 114 cm³/mol. The van der Waals surface area contributed by atoms with Crippen molar-refractivity contribution in [3.8, 4) is 0 Å². The van der Waals surface area contributed by atoms with Gasteiger partial charge in [-0.15, -0.1) is 0 Å². The molecule has 1 aromatic carbocycles. The van der Waals surface area contributed by atoms with E-state index in [2.05, 4.69) is 29.1 Å². The highest BCUT2D eigenvalue weighted by Gasteiger charge is 2.44. The standard InChI is InChI=1S/C23H27N5O2/c1-14(2)28-21-18(15(3)26-28)11-23(12-20(21)29)6-8-27(9-7-23)22(30)16-4-5-19-17(10-16)13-24-25-19/h4-5,10,13-14H,6-9,11-12H2,1-3H3,(H,24,25). The fourth-order valence-corrected chi connectivity index (χ4v) is 5.12. The molecule has 7 heteroatoms. The van der Waals surface area contributed by atoms with Crippen molar-refractivity contribution >= 4 is 22.6 Å². The van der Waals surface area contributed by atoms with Crippen LogP contribution in [0.2, 0.25) is 0 Å². The third kappa shape index (κ3) is 2.95. The van der Waals surface area contributed by atoms with Gasteiger partial charge < -0.3 is 4.90 Å². The second-order valence-electron chi connectivity index (χ2n) is 9.19. The van der Waals surface area contributed by atoms with E-state index < -0.39 is 0 Å². The zero-order valence-corrected chi connectivity index (χ0v) is 17.7. The summed E-state index contributed by atoms with van der Waals surface area (Å²) in [6.07, 6.45) is 4.88. The summed E-state index contributed by atoms with van der Waals surface area (Å²) in [5.41, 5.74) is 4.46. The van der Waals surface area contributed by atoms with Crippen molar-refractivity contribution < 1.29 is 9.59 Å². The maximum Gasteiger partial charge on any atom is 0.253 e. The highest BCUT2D eigenvalue weighted by Crippen LogP contribution is 2.44. The molecule has 0 unspecified atom stereocenters. The van der Waals surface area contributed by atoms with E-state index in [9.17, 15) is 9.59 Å². The Kier molecular flexibility index (Phi) is 4.31. The van der Waals surface area contributed by atoms with E-state index in [1.165, 1.54) is 0 Å². The second kappa shape index (κ2) is 6.79. The number of fused-ring (bicyclic) bond motifs is 2. The number of rotatable bonds is 2. The van der Waals surface area contributed by atoms with Gasteiger partial charge in [-0.05, 0) is 63.6 Å². The first-order chi connectivity index (χ1) is 14.4.